The molecule has 0 amide bonds. The monoisotopic (exact) mass is 482 g/mol. The minimum Gasteiger partial charge on any atom is -0.393 e. The molecule has 1 saturated heterocycles. The van der Waals surface area contributed by atoms with Crippen LogP contribution in [0.25, 0.3) is 0 Å². The lowest BCUT2D eigenvalue weighted by Crippen LogP contribution is -2.41. The molecule has 0 unspecified atom stereocenters. The molecule has 1 saturated carbocycles. The first-order valence-corrected chi connectivity index (χ1v) is 12.8. The van der Waals surface area contributed by atoms with Crippen LogP contribution in [0.15, 0.2) is 35.4 Å². The van der Waals surface area contributed by atoms with Gasteiger partial charge in [0.15, 0.2) is 0 Å². The first-order chi connectivity index (χ1) is 16.4. The largest absolute Gasteiger partial charge is 0.393 e. The highest BCUT2D eigenvalue weighted by atomic mass is 32.2. The average molecular weight is 483 g/mol. The first-order valence-electron chi connectivity index (χ1n) is 12.0. The number of rotatable bonds is 8. The SMILES string of the molecule is CC1(C)C[C@H](Nc2nc(NCCc3ccc(SN4CCOCC4)cc3)ncc2C#N)CC[C@@H]1O. The predicted molar refractivity (Wildman–Crippen MR) is 135 cm³/mol. The number of aliphatic hydroxyl groups is 1. The third-order valence-corrected chi connectivity index (χ3v) is 7.64. The number of hydrogen-bond acceptors (Lipinski definition) is 9. The number of aromatic nitrogens is 2. The number of nitriles is 1. The lowest BCUT2D eigenvalue weighted by molar-refractivity contribution is 0.00926. The molecular formula is C25H34N6O2S. The molecule has 2 fully saturated rings. The van der Waals surface area contributed by atoms with Gasteiger partial charge in [-0.2, -0.15) is 10.2 Å². The van der Waals surface area contributed by atoms with E-state index in [0.29, 0.717) is 23.9 Å². The number of ether oxygens (including phenoxy) is 1. The van der Waals surface area contributed by atoms with Crippen molar-refractivity contribution in [2.24, 2.45) is 5.41 Å². The summed E-state index contributed by atoms with van der Waals surface area (Å²) in [5.74, 6) is 1.07. The lowest BCUT2D eigenvalue weighted by atomic mass is 9.73. The summed E-state index contributed by atoms with van der Waals surface area (Å²) in [5.41, 5.74) is 1.52. The molecule has 2 aliphatic rings. The Balaban J connectivity index is 1.29. The number of benzene rings is 1. The molecule has 2 atom stereocenters. The Kier molecular flexibility index (Phi) is 8.27. The molecule has 4 rings (SSSR count). The summed E-state index contributed by atoms with van der Waals surface area (Å²) in [7, 11) is 0. The van der Waals surface area contributed by atoms with Gasteiger partial charge in [0.1, 0.15) is 17.5 Å². The molecule has 0 spiro atoms. The zero-order chi connectivity index (χ0) is 24.0. The second-order valence-corrected chi connectivity index (χ2v) is 10.8. The summed E-state index contributed by atoms with van der Waals surface area (Å²) in [6.45, 7) is 8.37. The van der Waals surface area contributed by atoms with Gasteiger partial charge >= 0.3 is 0 Å². The van der Waals surface area contributed by atoms with Crippen molar-refractivity contribution in [3.8, 4) is 6.07 Å². The summed E-state index contributed by atoms with van der Waals surface area (Å²) in [5, 5.41) is 26.4. The van der Waals surface area contributed by atoms with Gasteiger partial charge < -0.3 is 20.5 Å². The van der Waals surface area contributed by atoms with Gasteiger partial charge in [0.25, 0.3) is 0 Å². The van der Waals surface area contributed by atoms with E-state index in [0.717, 1.165) is 52.0 Å². The smallest absolute Gasteiger partial charge is 0.224 e. The molecule has 8 nitrogen and oxygen atoms in total. The van der Waals surface area contributed by atoms with Crippen LogP contribution in [-0.2, 0) is 11.2 Å². The summed E-state index contributed by atoms with van der Waals surface area (Å²) in [6.07, 6.45) is 4.54. The third kappa shape index (κ3) is 6.60. The quantitative estimate of drug-likeness (QED) is 0.486. The molecular weight excluding hydrogens is 448 g/mol. The lowest BCUT2D eigenvalue weighted by Gasteiger charge is -2.40. The van der Waals surface area contributed by atoms with E-state index in [1.807, 2.05) is 0 Å². The molecule has 0 radical (unpaired) electrons. The van der Waals surface area contributed by atoms with Crippen molar-refractivity contribution in [1.29, 1.82) is 5.26 Å². The van der Waals surface area contributed by atoms with Crippen LogP contribution in [0.1, 0.15) is 44.2 Å². The average Bonchev–Trinajstić information content (AvgIpc) is 2.83. The molecule has 1 aromatic carbocycles. The minimum absolute atomic E-state index is 0.160. The number of nitrogens with zero attached hydrogens (tertiary/aromatic N) is 4. The van der Waals surface area contributed by atoms with Crippen molar-refractivity contribution >= 4 is 23.7 Å². The van der Waals surface area contributed by atoms with Gasteiger partial charge in [-0.15, -0.1) is 0 Å². The fraction of sp³-hybridized carbons (Fsp3) is 0.560. The number of morpholine rings is 1. The van der Waals surface area contributed by atoms with Crippen molar-refractivity contribution in [3.05, 3.63) is 41.6 Å². The van der Waals surface area contributed by atoms with Crippen molar-refractivity contribution < 1.29 is 9.84 Å². The van der Waals surface area contributed by atoms with Gasteiger partial charge in [-0.05, 0) is 60.7 Å². The van der Waals surface area contributed by atoms with Crippen LogP contribution in [0.4, 0.5) is 11.8 Å². The summed E-state index contributed by atoms with van der Waals surface area (Å²) in [6, 6.07) is 11.0. The second-order valence-electron chi connectivity index (χ2n) is 9.65. The van der Waals surface area contributed by atoms with Crippen LogP contribution >= 0.6 is 11.9 Å². The molecule has 3 N–H and O–H groups in total. The highest BCUT2D eigenvalue weighted by Gasteiger charge is 2.35. The molecule has 1 aliphatic carbocycles. The Bertz CT molecular complexity index is 988. The second kappa shape index (κ2) is 11.4. The molecule has 1 aromatic heterocycles. The molecule has 9 heteroatoms. The third-order valence-electron chi connectivity index (χ3n) is 6.54. The minimum atomic E-state index is -0.296. The van der Waals surface area contributed by atoms with Crippen molar-refractivity contribution in [3.63, 3.8) is 0 Å². The number of aliphatic hydroxyl groups excluding tert-OH is 1. The fourth-order valence-electron chi connectivity index (χ4n) is 4.42. The van der Waals surface area contributed by atoms with Gasteiger partial charge in [0.05, 0.1) is 25.5 Å². The Morgan fingerprint density at radius 2 is 2.00 bits per heavy atom. The predicted octanol–water partition coefficient (Wildman–Crippen LogP) is 3.69. The van der Waals surface area contributed by atoms with Crippen LogP contribution in [-0.4, -0.2) is 64.4 Å². The van der Waals surface area contributed by atoms with Gasteiger partial charge in [0, 0.05) is 30.6 Å². The molecule has 0 bridgehead atoms. The van der Waals surface area contributed by atoms with E-state index in [1.165, 1.54) is 10.5 Å². The van der Waals surface area contributed by atoms with Crippen LogP contribution < -0.4 is 10.6 Å². The number of hydrogen-bond donors (Lipinski definition) is 3. The molecule has 2 aromatic rings. The van der Waals surface area contributed by atoms with E-state index in [1.54, 1.807) is 18.1 Å². The maximum atomic E-state index is 10.2. The topological polar surface area (TPSA) is 106 Å². The van der Waals surface area contributed by atoms with E-state index in [9.17, 15) is 10.4 Å². The van der Waals surface area contributed by atoms with Crippen molar-refractivity contribution in [1.82, 2.24) is 14.3 Å². The number of nitrogens with one attached hydrogen (secondary N) is 2. The fourth-order valence-corrected chi connectivity index (χ4v) is 5.31. The van der Waals surface area contributed by atoms with Gasteiger partial charge in [-0.25, -0.2) is 9.29 Å². The molecule has 2 heterocycles. The normalized spacial score (nSPS) is 22.6. The van der Waals surface area contributed by atoms with E-state index in [4.69, 9.17) is 4.74 Å². The standard InChI is InChI=1S/C25H34N6O2S/c1-25(2)15-20(5-8-22(25)32)29-23-19(16-26)17-28-24(30-23)27-10-9-18-3-6-21(7-4-18)34-31-11-13-33-14-12-31/h3-4,6-7,17,20,22,32H,5,8-15H2,1-2H3,(H2,27,28,29,30)/t20-,22+/m1/s1. The zero-order valence-corrected chi connectivity index (χ0v) is 20.8. The zero-order valence-electron chi connectivity index (χ0n) is 20.0. The van der Waals surface area contributed by atoms with E-state index in [-0.39, 0.29) is 17.6 Å². The van der Waals surface area contributed by atoms with E-state index >= 15 is 0 Å². The summed E-state index contributed by atoms with van der Waals surface area (Å²) >= 11 is 1.78. The Hall–Kier alpha value is -2.38. The highest BCUT2D eigenvalue weighted by Crippen LogP contribution is 2.37. The van der Waals surface area contributed by atoms with Crippen molar-refractivity contribution in [2.75, 3.05) is 43.5 Å². The summed E-state index contributed by atoms with van der Waals surface area (Å²) < 4.78 is 7.74. The maximum Gasteiger partial charge on any atom is 0.224 e. The number of anilines is 2. The molecule has 1 aliphatic heterocycles. The Morgan fingerprint density at radius 3 is 2.71 bits per heavy atom. The first kappa shape index (κ1) is 24.7. The highest BCUT2D eigenvalue weighted by molar-refractivity contribution is 7.97. The van der Waals surface area contributed by atoms with E-state index < -0.39 is 0 Å². The molecule has 182 valence electrons. The van der Waals surface area contributed by atoms with Crippen LogP contribution in [0.3, 0.4) is 0 Å². The van der Waals surface area contributed by atoms with Crippen LogP contribution in [0, 0.1) is 16.7 Å². The van der Waals surface area contributed by atoms with Gasteiger partial charge in [-0.1, -0.05) is 26.0 Å². The van der Waals surface area contributed by atoms with Gasteiger partial charge in [0.2, 0.25) is 5.95 Å². The van der Waals surface area contributed by atoms with Gasteiger partial charge in [-0.3, -0.25) is 0 Å². The van der Waals surface area contributed by atoms with E-state index in [2.05, 4.69) is 69.1 Å². The Morgan fingerprint density at radius 1 is 1.24 bits per heavy atom. The van der Waals surface area contributed by atoms with Crippen molar-refractivity contribution in [2.45, 2.75) is 56.6 Å². The Labute approximate surface area is 206 Å². The summed E-state index contributed by atoms with van der Waals surface area (Å²) in [4.78, 5) is 10.1. The van der Waals surface area contributed by atoms with Crippen LogP contribution in [0.2, 0.25) is 0 Å². The maximum absolute atomic E-state index is 10.2. The molecule has 34 heavy (non-hydrogen) atoms. The van der Waals surface area contributed by atoms with Crippen LogP contribution in [0.5, 0.6) is 0 Å².